The molecule has 5 nitrogen and oxygen atoms in total. The highest BCUT2D eigenvalue weighted by molar-refractivity contribution is 7.45. The highest BCUT2D eigenvalue weighted by Gasteiger charge is 2.00. The molecule has 6 heteroatoms. The molecule has 0 radical (unpaired) electrons. The van der Waals surface area contributed by atoms with Gasteiger partial charge in [-0.1, -0.05) is 25.8 Å². The normalized spacial score (nSPS) is 10.3. The summed E-state index contributed by atoms with van der Waals surface area (Å²) < 4.78 is 14.0. The lowest BCUT2D eigenvalue weighted by molar-refractivity contribution is 0.158. The molecule has 0 spiro atoms. The molecule has 0 heterocycles. The molecule has 0 aliphatic rings. The fourth-order valence-corrected chi connectivity index (χ4v) is 0.621. The second-order valence-electron chi connectivity index (χ2n) is 2.58. The van der Waals surface area contributed by atoms with Crippen molar-refractivity contribution in [1.29, 1.82) is 0 Å². The van der Waals surface area contributed by atoms with Crippen molar-refractivity contribution in [2.45, 2.75) is 26.2 Å². The van der Waals surface area contributed by atoms with Crippen LogP contribution in [-0.2, 0) is 9.30 Å². The minimum Gasteiger partial charge on any atom is -0.377 e. The zero-order valence-electron chi connectivity index (χ0n) is 8.43. The molecule has 0 saturated carbocycles. The van der Waals surface area contributed by atoms with Crippen LogP contribution in [0.15, 0.2) is 12.7 Å². The van der Waals surface area contributed by atoms with Crippen molar-refractivity contribution in [1.82, 2.24) is 0 Å². The Hall–Kier alpha value is -0.190. The fourth-order valence-electron chi connectivity index (χ4n) is 0.621. The van der Waals surface area contributed by atoms with E-state index in [4.69, 9.17) is 24.0 Å². The van der Waals surface area contributed by atoms with Crippen molar-refractivity contribution in [3.8, 4) is 0 Å². The summed E-state index contributed by atoms with van der Waals surface area (Å²) in [6.07, 6.45) is 5.50. The molecule has 0 aromatic carbocycles. The number of hydrogen-bond acceptors (Lipinski definition) is 2. The van der Waals surface area contributed by atoms with E-state index in [0.717, 1.165) is 6.61 Å². The van der Waals surface area contributed by atoms with Gasteiger partial charge in [0.2, 0.25) is 0 Å². The highest BCUT2D eigenvalue weighted by atomic mass is 31.2. The number of phosphoric acid groups is 1. The van der Waals surface area contributed by atoms with E-state index in [1.165, 1.54) is 19.3 Å². The molecule has 0 rings (SSSR count). The maximum Gasteiger partial charge on any atom is 0.466 e. The summed E-state index contributed by atoms with van der Waals surface area (Å²) in [6, 6.07) is 0. The molecule has 0 fully saturated rings. The molecule has 0 bridgehead atoms. The molecular weight excluding hydrogens is 207 g/mol. The van der Waals surface area contributed by atoms with Crippen LogP contribution >= 0.6 is 7.82 Å². The Morgan fingerprint density at radius 3 is 2.21 bits per heavy atom. The molecule has 0 amide bonds. The molecule has 3 N–H and O–H groups in total. The van der Waals surface area contributed by atoms with Gasteiger partial charge in [-0.15, -0.1) is 6.58 Å². The van der Waals surface area contributed by atoms with Gasteiger partial charge in [0, 0.05) is 6.61 Å². The van der Waals surface area contributed by atoms with Crippen molar-refractivity contribution in [2.24, 2.45) is 0 Å². The molecule has 0 aliphatic carbocycles. The van der Waals surface area contributed by atoms with E-state index in [1.807, 2.05) is 0 Å². The Bertz CT molecular complexity index is 157. The van der Waals surface area contributed by atoms with Gasteiger partial charge in [0.25, 0.3) is 0 Å². The first-order chi connectivity index (χ1) is 6.41. The topological polar surface area (TPSA) is 87.0 Å². The summed E-state index contributed by atoms with van der Waals surface area (Å²) in [5, 5.41) is 0. The van der Waals surface area contributed by atoms with E-state index >= 15 is 0 Å². The van der Waals surface area contributed by atoms with Crippen molar-refractivity contribution in [3.05, 3.63) is 12.7 Å². The average molecular weight is 226 g/mol. The fraction of sp³-hybridized carbons (Fsp3) is 0.750. The molecule has 86 valence electrons. The van der Waals surface area contributed by atoms with Gasteiger partial charge in [0.1, 0.15) is 0 Å². The summed E-state index contributed by atoms with van der Waals surface area (Å²) in [7, 11) is -4.64. The quantitative estimate of drug-likeness (QED) is 0.362. The van der Waals surface area contributed by atoms with Crippen LogP contribution < -0.4 is 0 Å². The standard InChI is InChI=1S/C8H16O.H3O4P/c1-3-5-6-8-9-7-4-2;1-5(2,3)4/h4H,2-3,5-8H2,1H3;(H3,1,2,3,4). The summed E-state index contributed by atoms with van der Waals surface area (Å²) >= 11 is 0. The first-order valence-electron chi connectivity index (χ1n) is 4.38. The van der Waals surface area contributed by atoms with Crippen LogP contribution in [0.2, 0.25) is 0 Å². The molecular formula is C8H19O5P. The van der Waals surface area contributed by atoms with Gasteiger partial charge in [0.05, 0.1) is 6.61 Å². The smallest absolute Gasteiger partial charge is 0.377 e. The minimum atomic E-state index is -4.64. The van der Waals surface area contributed by atoms with Gasteiger partial charge in [-0.3, -0.25) is 0 Å². The second kappa shape index (κ2) is 10.9. The third-order valence-electron chi connectivity index (χ3n) is 1.13. The maximum absolute atomic E-state index is 8.88. The van der Waals surface area contributed by atoms with E-state index in [2.05, 4.69) is 13.5 Å². The van der Waals surface area contributed by atoms with Gasteiger partial charge in [-0.25, -0.2) is 4.57 Å². The maximum atomic E-state index is 8.88. The largest absolute Gasteiger partial charge is 0.466 e. The molecule has 0 aliphatic heterocycles. The van der Waals surface area contributed by atoms with Crippen LogP contribution in [0.3, 0.4) is 0 Å². The van der Waals surface area contributed by atoms with Gasteiger partial charge in [-0.2, -0.15) is 0 Å². The molecule has 0 saturated heterocycles. The van der Waals surface area contributed by atoms with Crippen molar-refractivity contribution < 1.29 is 24.0 Å². The molecule has 0 unspecified atom stereocenters. The molecule has 0 atom stereocenters. The van der Waals surface area contributed by atoms with Gasteiger partial charge in [0.15, 0.2) is 0 Å². The Kier molecular flexibility index (Phi) is 12.6. The van der Waals surface area contributed by atoms with Gasteiger partial charge >= 0.3 is 7.82 Å². The number of ether oxygens (including phenoxy) is 1. The van der Waals surface area contributed by atoms with Gasteiger partial charge in [-0.05, 0) is 6.42 Å². The summed E-state index contributed by atoms with van der Waals surface area (Å²) in [6.45, 7) is 7.33. The average Bonchev–Trinajstić information content (AvgIpc) is 2.01. The highest BCUT2D eigenvalue weighted by Crippen LogP contribution is 2.25. The van der Waals surface area contributed by atoms with Crippen LogP contribution in [0, 0.1) is 0 Å². The van der Waals surface area contributed by atoms with Crippen molar-refractivity contribution in [3.63, 3.8) is 0 Å². The second-order valence-corrected chi connectivity index (χ2v) is 3.61. The van der Waals surface area contributed by atoms with E-state index < -0.39 is 7.82 Å². The lowest BCUT2D eigenvalue weighted by Crippen LogP contribution is -1.92. The third kappa shape index (κ3) is 40.9. The first-order valence-corrected chi connectivity index (χ1v) is 5.95. The monoisotopic (exact) mass is 226 g/mol. The molecule has 0 aromatic heterocycles. The van der Waals surface area contributed by atoms with Crippen LogP contribution in [-0.4, -0.2) is 27.9 Å². The lowest BCUT2D eigenvalue weighted by Gasteiger charge is -1.97. The van der Waals surface area contributed by atoms with E-state index in [9.17, 15) is 0 Å². The SMILES string of the molecule is C=CCOCCCCC.O=P(O)(O)O. The Morgan fingerprint density at radius 1 is 1.36 bits per heavy atom. The van der Waals surface area contributed by atoms with E-state index in [-0.39, 0.29) is 0 Å². The molecule has 0 aromatic rings. The summed E-state index contributed by atoms with van der Waals surface area (Å²) in [4.78, 5) is 21.6. The van der Waals surface area contributed by atoms with E-state index in [0.29, 0.717) is 6.61 Å². The zero-order valence-corrected chi connectivity index (χ0v) is 9.32. The van der Waals surface area contributed by atoms with Crippen LogP contribution in [0.5, 0.6) is 0 Å². The van der Waals surface area contributed by atoms with Crippen LogP contribution in [0.4, 0.5) is 0 Å². The molecule has 14 heavy (non-hydrogen) atoms. The van der Waals surface area contributed by atoms with Crippen LogP contribution in [0.25, 0.3) is 0 Å². The predicted molar refractivity (Wildman–Crippen MR) is 54.8 cm³/mol. The zero-order chi connectivity index (χ0) is 11.4. The Labute approximate surface area is 84.7 Å². The number of hydrogen-bond donors (Lipinski definition) is 3. The number of rotatable bonds is 6. The van der Waals surface area contributed by atoms with Gasteiger partial charge < -0.3 is 19.4 Å². The van der Waals surface area contributed by atoms with Crippen molar-refractivity contribution in [2.75, 3.05) is 13.2 Å². The Balaban J connectivity index is 0. The van der Waals surface area contributed by atoms with E-state index in [1.54, 1.807) is 6.08 Å². The summed E-state index contributed by atoms with van der Waals surface area (Å²) in [5.41, 5.74) is 0. The predicted octanol–water partition coefficient (Wildman–Crippen LogP) is 1.45. The summed E-state index contributed by atoms with van der Waals surface area (Å²) in [5.74, 6) is 0. The third-order valence-corrected chi connectivity index (χ3v) is 1.13. The van der Waals surface area contributed by atoms with Crippen molar-refractivity contribution >= 4 is 7.82 Å². The minimum absolute atomic E-state index is 0.698. The van der Waals surface area contributed by atoms with Crippen LogP contribution in [0.1, 0.15) is 26.2 Å². The first kappa shape index (κ1) is 16.2. The Morgan fingerprint density at radius 2 is 1.86 bits per heavy atom. The lowest BCUT2D eigenvalue weighted by atomic mass is 10.3. The number of unbranched alkanes of at least 4 members (excludes halogenated alkanes) is 2.